The zero-order valence-corrected chi connectivity index (χ0v) is 14.0. The molecule has 0 aliphatic heterocycles. The number of benzene rings is 2. The maximum atomic E-state index is 11.9. The van der Waals surface area contributed by atoms with E-state index < -0.39 is 0 Å². The molecule has 2 aromatic rings. The number of rotatable bonds is 3. The van der Waals surface area contributed by atoms with Crippen LogP contribution in [0.25, 0.3) is 0 Å². The number of carbonyl (C=O) groups is 1. The first-order valence-electron chi connectivity index (χ1n) is 6.05. The summed E-state index contributed by atoms with van der Waals surface area (Å²) >= 11 is 8.03. The highest BCUT2D eigenvalue weighted by Crippen LogP contribution is 2.19. The Morgan fingerprint density at radius 3 is 2.76 bits per heavy atom. The molecule has 0 aliphatic rings. The monoisotopic (exact) mass is 414 g/mol. The molecule has 0 saturated heterocycles. The van der Waals surface area contributed by atoms with Crippen LogP contribution in [0.5, 0.6) is 5.75 Å². The summed E-state index contributed by atoms with van der Waals surface area (Å²) in [5, 5.41) is 13.7. The van der Waals surface area contributed by atoms with Crippen molar-refractivity contribution in [1.82, 2.24) is 5.43 Å². The second-order valence-electron chi connectivity index (χ2n) is 4.39. The molecule has 21 heavy (non-hydrogen) atoms. The smallest absolute Gasteiger partial charge is 0.272 e. The Bertz CT molecular complexity index is 717. The molecule has 0 bridgehead atoms. The van der Waals surface area contributed by atoms with Gasteiger partial charge in [0.25, 0.3) is 5.91 Å². The minimum absolute atomic E-state index is 0.211. The van der Waals surface area contributed by atoms with E-state index in [1.54, 1.807) is 30.3 Å². The summed E-state index contributed by atoms with van der Waals surface area (Å²) in [6.07, 6.45) is 1.50. The number of phenolic OH excluding ortho intramolecular Hbond substituents is 1. The van der Waals surface area contributed by atoms with E-state index in [1.807, 2.05) is 35.6 Å². The van der Waals surface area contributed by atoms with Gasteiger partial charge < -0.3 is 5.11 Å². The predicted octanol–water partition coefficient (Wildman–Crippen LogP) is 3.72. The molecule has 0 saturated carbocycles. The number of carbonyl (C=O) groups excluding carboxylic acids is 1. The van der Waals surface area contributed by atoms with Gasteiger partial charge in [0.2, 0.25) is 0 Å². The number of aryl methyl sites for hydroxylation is 1. The zero-order valence-electron chi connectivity index (χ0n) is 11.1. The molecule has 0 spiro atoms. The minimum Gasteiger partial charge on any atom is -0.507 e. The molecule has 0 aromatic heterocycles. The van der Waals surface area contributed by atoms with Gasteiger partial charge in [-0.3, -0.25) is 4.79 Å². The van der Waals surface area contributed by atoms with E-state index in [0.717, 1.165) is 11.1 Å². The van der Waals surface area contributed by atoms with Gasteiger partial charge in [0.15, 0.2) is 0 Å². The Balaban J connectivity index is 2.06. The van der Waals surface area contributed by atoms with Crippen molar-refractivity contribution >= 4 is 46.3 Å². The second kappa shape index (κ2) is 6.91. The normalized spacial score (nSPS) is 10.8. The van der Waals surface area contributed by atoms with Crippen LogP contribution in [0.1, 0.15) is 21.5 Å². The fourth-order valence-electron chi connectivity index (χ4n) is 1.63. The minimum atomic E-state index is -0.371. The van der Waals surface area contributed by atoms with Gasteiger partial charge in [0.1, 0.15) is 5.75 Å². The van der Waals surface area contributed by atoms with Gasteiger partial charge in [0.05, 0.1) is 20.4 Å². The molecule has 2 N–H and O–H groups in total. The fourth-order valence-corrected chi connectivity index (χ4v) is 2.49. The number of hydrogen-bond acceptors (Lipinski definition) is 3. The third-order valence-electron chi connectivity index (χ3n) is 2.72. The highest BCUT2D eigenvalue weighted by atomic mass is 127. The van der Waals surface area contributed by atoms with Gasteiger partial charge in [-0.15, -0.1) is 0 Å². The molecule has 1 amide bonds. The lowest BCUT2D eigenvalue weighted by molar-refractivity contribution is 0.0955. The third kappa shape index (κ3) is 4.18. The fraction of sp³-hybridized carbons (Fsp3) is 0.0667. The lowest BCUT2D eigenvalue weighted by Crippen LogP contribution is -2.18. The van der Waals surface area contributed by atoms with Crippen molar-refractivity contribution in [3.05, 3.63) is 61.7 Å². The molecule has 0 radical (unpaired) electrons. The highest BCUT2D eigenvalue weighted by molar-refractivity contribution is 14.1. The number of nitrogens with zero attached hydrogens (tertiary/aromatic N) is 1. The molecule has 4 nitrogen and oxygen atoms in total. The van der Waals surface area contributed by atoms with Gasteiger partial charge in [0, 0.05) is 0 Å². The first kappa shape index (κ1) is 15.8. The van der Waals surface area contributed by atoms with Gasteiger partial charge in [-0.25, -0.2) is 5.43 Å². The van der Waals surface area contributed by atoms with E-state index in [9.17, 15) is 9.90 Å². The number of hydrazone groups is 1. The molecular weight excluding hydrogens is 403 g/mol. The van der Waals surface area contributed by atoms with Crippen molar-refractivity contribution in [1.29, 1.82) is 0 Å². The Kier molecular flexibility index (Phi) is 5.19. The van der Waals surface area contributed by atoms with E-state index >= 15 is 0 Å². The van der Waals surface area contributed by atoms with E-state index in [1.165, 1.54) is 6.21 Å². The van der Waals surface area contributed by atoms with Crippen molar-refractivity contribution < 1.29 is 9.90 Å². The summed E-state index contributed by atoms with van der Waals surface area (Å²) in [7, 11) is 0. The first-order chi connectivity index (χ1) is 9.97. The summed E-state index contributed by atoms with van der Waals surface area (Å²) in [5.74, 6) is -0.159. The number of nitrogens with one attached hydrogen (secondary N) is 1. The summed E-state index contributed by atoms with van der Waals surface area (Å²) in [5.41, 5.74) is 4.55. The van der Waals surface area contributed by atoms with Gasteiger partial charge in [-0.1, -0.05) is 17.7 Å². The number of phenols is 1. The topological polar surface area (TPSA) is 61.7 Å². The highest BCUT2D eigenvalue weighted by Gasteiger charge is 2.09. The van der Waals surface area contributed by atoms with Crippen molar-refractivity contribution in [2.45, 2.75) is 6.92 Å². The van der Waals surface area contributed by atoms with E-state index in [2.05, 4.69) is 10.5 Å². The summed E-state index contributed by atoms with van der Waals surface area (Å²) in [6.45, 7) is 1.90. The molecular formula is C15H12ClIN2O2. The molecule has 6 heteroatoms. The molecule has 0 fully saturated rings. The zero-order chi connectivity index (χ0) is 15.4. The molecule has 0 aliphatic carbocycles. The number of hydrogen-bond donors (Lipinski definition) is 2. The quantitative estimate of drug-likeness (QED) is 0.457. The molecule has 0 heterocycles. The van der Waals surface area contributed by atoms with Crippen LogP contribution in [0.2, 0.25) is 5.02 Å². The van der Waals surface area contributed by atoms with Crippen LogP contribution in [0.4, 0.5) is 0 Å². The maximum absolute atomic E-state index is 11.9. The molecule has 108 valence electrons. The van der Waals surface area contributed by atoms with Gasteiger partial charge in [-0.05, 0) is 71.0 Å². The lowest BCUT2D eigenvalue weighted by atomic mass is 10.1. The Labute approximate surface area is 141 Å². The summed E-state index contributed by atoms with van der Waals surface area (Å²) < 4.78 is 0.712. The van der Waals surface area contributed by atoms with Crippen molar-refractivity contribution in [2.75, 3.05) is 0 Å². The van der Waals surface area contributed by atoms with Crippen LogP contribution >= 0.6 is 34.2 Å². The second-order valence-corrected chi connectivity index (χ2v) is 5.96. The van der Waals surface area contributed by atoms with Crippen LogP contribution in [0, 0.1) is 10.5 Å². The van der Waals surface area contributed by atoms with Gasteiger partial charge in [-0.2, -0.15) is 5.10 Å². The Morgan fingerprint density at radius 1 is 1.33 bits per heavy atom. The van der Waals surface area contributed by atoms with Gasteiger partial charge >= 0.3 is 0 Å². The largest absolute Gasteiger partial charge is 0.507 e. The maximum Gasteiger partial charge on any atom is 0.272 e. The summed E-state index contributed by atoms with van der Waals surface area (Å²) in [4.78, 5) is 11.9. The Hall–Kier alpha value is -1.60. The SMILES string of the molecule is Cc1ccc(C(=O)NN=Cc2ccc(O)c(I)c2)c(Cl)c1. The average Bonchev–Trinajstić information content (AvgIpc) is 2.42. The van der Waals surface area contributed by atoms with Crippen molar-refractivity contribution in [2.24, 2.45) is 5.10 Å². The number of halogens is 2. The Morgan fingerprint density at radius 2 is 2.10 bits per heavy atom. The van der Waals surface area contributed by atoms with E-state index in [4.69, 9.17) is 11.6 Å². The average molecular weight is 415 g/mol. The number of aromatic hydroxyl groups is 1. The van der Waals surface area contributed by atoms with Crippen LogP contribution in [-0.2, 0) is 0 Å². The van der Waals surface area contributed by atoms with Crippen LogP contribution in [0.3, 0.4) is 0 Å². The van der Waals surface area contributed by atoms with Crippen molar-refractivity contribution in [3.8, 4) is 5.75 Å². The van der Waals surface area contributed by atoms with Crippen LogP contribution in [-0.4, -0.2) is 17.2 Å². The van der Waals surface area contributed by atoms with Crippen LogP contribution in [0.15, 0.2) is 41.5 Å². The lowest BCUT2D eigenvalue weighted by Gasteiger charge is -2.03. The molecule has 0 atom stereocenters. The number of amides is 1. The standard InChI is InChI=1S/C15H12ClIN2O2/c1-9-2-4-11(12(16)6-9)15(21)19-18-8-10-3-5-14(20)13(17)7-10/h2-8,20H,1H3,(H,19,21). The third-order valence-corrected chi connectivity index (χ3v) is 3.90. The molecule has 2 rings (SSSR count). The predicted molar refractivity (Wildman–Crippen MR) is 92.1 cm³/mol. The summed E-state index contributed by atoms with van der Waals surface area (Å²) in [6, 6.07) is 10.2. The van der Waals surface area contributed by atoms with E-state index in [-0.39, 0.29) is 11.7 Å². The molecule has 0 unspecified atom stereocenters. The van der Waals surface area contributed by atoms with Crippen LogP contribution < -0.4 is 5.43 Å². The van der Waals surface area contributed by atoms with Crippen molar-refractivity contribution in [3.63, 3.8) is 0 Å². The first-order valence-corrected chi connectivity index (χ1v) is 7.51. The molecule has 2 aromatic carbocycles. The van der Waals surface area contributed by atoms with E-state index in [0.29, 0.717) is 14.2 Å².